The maximum Gasteiger partial charge on any atom is 0.257 e. The number of benzene rings is 2. The first-order valence-corrected chi connectivity index (χ1v) is 24.0. The summed E-state index contributed by atoms with van der Waals surface area (Å²) < 4.78 is 7.53. The van der Waals surface area contributed by atoms with Crippen LogP contribution in [-0.4, -0.2) is 71.7 Å². The largest absolute Gasteiger partial charge is 0.494 e. The van der Waals surface area contributed by atoms with Crippen LogP contribution < -0.4 is 25.8 Å². The van der Waals surface area contributed by atoms with E-state index in [2.05, 4.69) is 50.5 Å². The number of unbranched alkanes of at least 4 members (excludes halogenated alkanes) is 9. The summed E-state index contributed by atoms with van der Waals surface area (Å²) >= 11 is 0. The van der Waals surface area contributed by atoms with Gasteiger partial charge < -0.3 is 20.3 Å². The lowest BCUT2D eigenvalue weighted by Gasteiger charge is -2.56. The Morgan fingerprint density at radius 1 is 0.820 bits per heavy atom. The molecule has 5 aliphatic rings. The summed E-state index contributed by atoms with van der Waals surface area (Å²) in [5, 5.41) is 7.49. The molecule has 2 aromatic carbocycles. The normalized spacial score (nSPS) is 22.2. The van der Waals surface area contributed by atoms with Crippen molar-refractivity contribution in [2.24, 2.45) is 23.2 Å². The summed E-state index contributed by atoms with van der Waals surface area (Å²) in [4.78, 5) is 40.6. The van der Waals surface area contributed by atoms with Crippen LogP contribution in [0, 0.1) is 30.1 Å². The summed E-state index contributed by atoms with van der Waals surface area (Å²) in [5.74, 6) is 4.23. The zero-order valence-electron chi connectivity index (χ0n) is 37.4. The zero-order valence-corrected chi connectivity index (χ0v) is 37.4. The highest BCUT2D eigenvalue weighted by Gasteiger charge is 2.51. The van der Waals surface area contributed by atoms with Crippen molar-refractivity contribution in [1.29, 1.82) is 0 Å². The fourth-order valence-corrected chi connectivity index (χ4v) is 11.8. The molecule has 4 aromatic rings. The van der Waals surface area contributed by atoms with Crippen LogP contribution in [0.15, 0.2) is 59.5 Å². The number of ether oxygens (including phenoxy) is 1. The average molecular weight is 830 g/mol. The maximum absolute atomic E-state index is 13.3. The van der Waals surface area contributed by atoms with E-state index in [9.17, 15) is 9.59 Å². The lowest BCUT2D eigenvalue weighted by molar-refractivity contribution is -0.129. The monoisotopic (exact) mass is 830 g/mol. The third-order valence-electron chi connectivity index (χ3n) is 14.6. The molecule has 328 valence electrons. The molecule has 0 unspecified atom stereocenters. The van der Waals surface area contributed by atoms with Gasteiger partial charge in [-0.05, 0) is 130 Å². The van der Waals surface area contributed by atoms with Crippen LogP contribution in [0.25, 0.3) is 16.7 Å². The van der Waals surface area contributed by atoms with E-state index >= 15 is 0 Å². The molecule has 5 fully saturated rings. The number of pyridine rings is 1. The number of carbonyl (C=O) groups is 1. The van der Waals surface area contributed by atoms with Crippen molar-refractivity contribution < 1.29 is 9.53 Å². The van der Waals surface area contributed by atoms with Gasteiger partial charge in [-0.3, -0.25) is 19.1 Å². The van der Waals surface area contributed by atoms with Gasteiger partial charge >= 0.3 is 0 Å². The topological polar surface area (TPSA) is 105 Å². The standard InChI is InChI=1S/C51H71N7O3/c1-4-38-16-15-17-43(30-38)58-48(60)26-37(2)44-36-53-50(55-49(44)58)54-45-19-18-42(31-46(45)61-3)57-24-22-56(23-25-57)21-14-12-10-8-6-5-7-9-11-13-20-52-47(59)35-51-32-39-27-40(33-51)29-41(28-39)34-51/h15-19,26,30-31,36,39-41H,4-14,20-25,27-29,32-35H2,1-3H3,(H,52,59)(H,53,54,55). The van der Waals surface area contributed by atoms with Crippen LogP contribution >= 0.6 is 0 Å². The first-order valence-electron chi connectivity index (χ1n) is 24.0. The molecule has 0 spiro atoms. The maximum atomic E-state index is 13.3. The van der Waals surface area contributed by atoms with Gasteiger partial charge in [0.1, 0.15) is 5.75 Å². The number of amides is 1. The first-order chi connectivity index (χ1) is 29.8. The Bertz CT molecular complexity index is 2120. The molecule has 4 aliphatic carbocycles. The fraction of sp³-hybridized carbons (Fsp3) is 0.608. The molecular formula is C51H71N7O3. The summed E-state index contributed by atoms with van der Waals surface area (Å²) in [6.07, 6.45) is 24.8. The quantitative estimate of drug-likeness (QED) is 0.0801. The molecule has 0 radical (unpaired) electrons. The molecule has 1 amide bonds. The first kappa shape index (κ1) is 43.2. The minimum absolute atomic E-state index is 0.117. The highest BCUT2D eigenvalue weighted by atomic mass is 16.5. The molecule has 9 rings (SSSR count). The highest BCUT2D eigenvalue weighted by molar-refractivity contribution is 5.81. The van der Waals surface area contributed by atoms with Gasteiger partial charge in [-0.1, -0.05) is 70.4 Å². The van der Waals surface area contributed by atoms with Crippen LogP contribution in [-0.2, 0) is 11.2 Å². The van der Waals surface area contributed by atoms with Crippen molar-refractivity contribution in [1.82, 2.24) is 24.8 Å². The Hall–Kier alpha value is -4.44. The zero-order chi connectivity index (χ0) is 42.2. The summed E-state index contributed by atoms with van der Waals surface area (Å²) in [7, 11) is 1.69. The van der Waals surface area contributed by atoms with Gasteiger partial charge in [-0.15, -0.1) is 0 Å². The molecule has 2 aromatic heterocycles. The molecule has 1 aliphatic heterocycles. The van der Waals surface area contributed by atoms with Crippen molar-refractivity contribution in [3.8, 4) is 11.4 Å². The predicted molar refractivity (Wildman–Crippen MR) is 249 cm³/mol. The summed E-state index contributed by atoms with van der Waals surface area (Å²) in [6, 6.07) is 16.0. The number of nitrogens with one attached hydrogen (secondary N) is 2. The SMILES string of the molecule is CCc1cccc(-n2c(=O)cc(C)c3cnc(Nc4ccc(N5CCN(CCCCCCCCCCCCNC(=O)CC67CC8CC(CC(C8)C6)C7)CC5)cc4OC)nc32)c1. The number of nitrogens with zero attached hydrogens (tertiary/aromatic N) is 5. The fourth-order valence-electron chi connectivity index (χ4n) is 11.8. The van der Waals surface area contributed by atoms with Crippen molar-refractivity contribution in [3.05, 3.63) is 76.2 Å². The Labute approximate surface area is 364 Å². The Morgan fingerprint density at radius 2 is 1.49 bits per heavy atom. The molecular weight excluding hydrogens is 759 g/mol. The van der Waals surface area contributed by atoms with Crippen LogP contribution in [0.5, 0.6) is 5.75 Å². The number of anilines is 3. The number of carbonyl (C=O) groups excluding carboxylic acids is 1. The number of piperazine rings is 1. The van der Waals surface area contributed by atoms with Gasteiger partial charge in [-0.2, -0.15) is 4.98 Å². The molecule has 4 saturated carbocycles. The lowest BCUT2D eigenvalue weighted by atomic mass is 9.49. The predicted octanol–water partition coefficient (Wildman–Crippen LogP) is 10.1. The lowest BCUT2D eigenvalue weighted by Crippen LogP contribution is -2.48. The molecule has 3 heterocycles. The van der Waals surface area contributed by atoms with E-state index in [1.807, 2.05) is 31.2 Å². The van der Waals surface area contributed by atoms with Gasteiger partial charge in [-0.25, -0.2) is 4.98 Å². The van der Waals surface area contributed by atoms with Crippen LogP contribution in [0.4, 0.5) is 17.3 Å². The Balaban J connectivity index is 0.696. The van der Waals surface area contributed by atoms with Gasteiger partial charge in [0.25, 0.3) is 5.56 Å². The number of aryl methyl sites for hydroxylation is 2. The molecule has 10 nitrogen and oxygen atoms in total. The van der Waals surface area contributed by atoms with E-state index in [0.717, 1.165) is 109 Å². The van der Waals surface area contributed by atoms with Crippen LogP contribution in [0.2, 0.25) is 0 Å². The van der Waals surface area contributed by atoms with Crippen molar-refractivity contribution in [2.45, 2.75) is 129 Å². The summed E-state index contributed by atoms with van der Waals surface area (Å²) in [6.45, 7) is 10.2. The molecule has 1 saturated heterocycles. The number of hydrogen-bond acceptors (Lipinski definition) is 8. The van der Waals surface area contributed by atoms with Gasteiger partial charge in [0, 0.05) is 68.5 Å². The second-order valence-corrected chi connectivity index (χ2v) is 19.3. The van der Waals surface area contributed by atoms with E-state index in [-0.39, 0.29) is 5.56 Å². The van der Waals surface area contributed by atoms with Crippen molar-refractivity contribution >= 4 is 34.3 Å². The van der Waals surface area contributed by atoms with E-state index < -0.39 is 0 Å². The Morgan fingerprint density at radius 3 is 2.16 bits per heavy atom. The number of methoxy groups -OCH3 is 1. The molecule has 61 heavy (non-hydrogen) atoms. The Kier molecular flexibility index (Phi) is 14.3. The third kappa shape index (κ3) is 10.8. The van der Waals surface area contributed by atoms with E-state index in [1.165, 1.54) is 103 Å². The average Bonchev–Trinajstić information content (AvgIpc) is 3.25. The van der Waals surface area contributed by atoms with E-state index in [4.69, 9.17) is 9.72 Å². The minimum atomic E-state index is -0.117. The number of aromatic nitrogens is 3. The minimum Gasteiger partial charge on any atom is -0.494 e. The summed E-state index contributed by atoms with van der Waals surface area (Å²) in [5.41, 5.74) is 5.54. The van der Waals surface area contributed by atoms with Crippen LogP contribution in [0.1, 0.15) is 127 Å². The molecule has 2 N–H and O–H groups in total. The molecule has 4 bridgehead atoms. The van der Waals surface area contributed by atoms with Crippen LogP contribution in [0.3, 0.4) is 0 Å². The molecule has 10 heteroatoms. The van der Waals surface area contributed by atoms with Crippen molar-refractivity contribution in [3.63, 3.8) is 0 Å². The smallest absolute Gasteiger partial charge is 0.257 e. The third-order valence-corrected chi connectivity index (χ3v) is 14.6. The number of hydrogen-bond donors (Lipinski definition) is 2. The van der Waals surface area contributed by atoms with Gasteiger partial charge in [0.05, 0.1) is 18.5 Å². The molecule has 0 atom stereocenters. The van der Waals surface area contributed by atoms with Crippen molar-refractivity contribution in [2.75, 3.05) is 56.6 Å². The number of fused-ring (bicyclic) bond motifs is 1. The van der Waals surface area contributed by atoms with E-state index in [0.29, 0.717) is 22.9 Å². The second-order valence-electron chi connectivity index (χ2n) is 19.3. The van der Waals surface area contributed by atoms with Gasteiger partial charge in [0.2, 0.25) is 11.9 Å². The highest BCUT2D eigenvalue weighted by Crippen LogP contribution is 2.61. The number of rotatable bonds is 21. The van der Waals surface area contributed by atoms with Gasteiger partial charge in [0.15, 0.2) is 5.65 Å². The second kappa shape index (κ2) is 20.2. The van der Waals surface area contributed by atoms with E-state index in [1.54, 1.807) is 23.9 Å².